The van der Waals surface area contributed by atoms with Crippen molar-refractivity contribution >= 4 is 11.7 Å². The summed E-state index contributed by atoms with van der Waals surface area (Å²) in [7, 11) is 0. The van der Waals surface area contributed by atoms with E-state index in [1.54, 1.807) is 6.33 Å². The van der Waals surface area contributed by atoms with E-state index in [9.17, 15) is 4.79 Å². The zero-order chi connectivity index (χ0) is 14.1. The van der Waals surface area contributed by atoms with Crippen molar-refractivity contribution in [2.75, 3.05) is 44.3 Å². The molecule has 0 aromatic carbocycles. The third-order valence-electron chi connectivity index (χ3n) is 4.16. The molecule has 2 fully saturated rings. The van der Waals surface area contributed by atoms with Crippen LogP contribution in [0.2, 0.25) is 0 Å². The molecule has 0 N–H and O–H groups in total. The van der Waals surface area contributed by atoms with E-state index in [0.29, 0.717) is 13.2 Å². The molecule has 0 unspecified atom stereocenters. The van der Waals surface area contributed by atoms with Gasteiger partial charge in [0.1, 0.15) is 12.1 Å². The van der Waals surface area contributed by atoms with E-state index in [1.807, 2.05) is 18.7 Å². The van der Waals surface area contributed by atoms with Crippen molar-refractivity contribution in [3.8, 4) is 0 Å². The van der Waals surface area contributed by atoms with Crippen LogP contribution in [-0.2, 0) is 9.53 Å². The van der Waals surface area contributed by atoms with Crippen molar-refractivity contribution in [1.82, 2.24) is 14.9 Å². The van der Waals surface area contributed by atoms with Crippen molar-refractivity contribution in [1.29, 1.82) is 0 Å². The number of ether oxygens (including phenoxy) is 1. The van der Waals surface area contributed by atoms with Gasteiger partial charge in [0.15, 0.2) is 0 Å². The zero-order valence-electron chi connectivity index (χ0n) is 12.0. The lowest BCUT2D eigenvalue weighted by Crippen LogP contribution is -2.56. The minimum Gasteiger partial charge on any atom is -0.378 e. The first-order valence-electron chi connectivity index (χ1n) is 7.06. The Bertz CT molecular complexity index is 508. The van der Waals surface area contributed by atoms with Crippen LogP contribution in [0, 0.1) is 19.8 Å². The monoisotopic (exact) mass is 276 g/mol. The number of aryl methyl sites for hydroxylation is 1. The van der Waals surface area contributed by atoms with E-state index in [-0.39, 0.29) is 11.8 Å². The van der Waals surface area contributed by atoms with Gasteiger partial charge in [-0.05, 0) is 13.8 Å². The minimum absolute atomic E-state index is 0.0998. The van der Waals surface area contributed by atoms with Gasteiger partial charge >= 0.3 is 0 Å². The maximum Gasteiger partial charge on any atom is 0.229 e. The second-order valence-electron chi connectivity index (χ2n) is 5.45. The Kier molecular flexibility index (Phi) is 3.56. The number of amides is 1. The van der Waals surface area contributed by atoms with E-state index < -0.39 is 0 Å². The summed E-state index contributed by atoms with van der Waals surface area (Å²) in [6.45, 7) is 8.29. The Morgan fingerprint density at radius 3 is 2.65 bits per heavy atom. The number of carbonyl (C=O) groups excluding carboxylic acids is 1. The Balaban J connectivity index is 1.60. The highest BCUT2D eigenvalue weighted by molar-refractivity contribution is 5.82. The molecule has 1 aromatic rings. The number of hydrogen-bond donors (Lipinski definition) is 0. The van der Waals surface area contributed by atoms with Gasteiger partial charge < -0.3 is 14.5 Å². The van der Waals surface area contributed by atoms with Gasteiger partial charge in [0, 0.05) is 37.4 Å². The third-order valence-corrected chi connectivity index (χ3v) is 4.16. The molecule has 1 amide bonds. The molecule has 2 aliphatic rings. The van der Waals surface area contributed by atoms with Crippen molar-refractivity contribution in [2.45, 2.75) is 13.8 Å². The Hall–Kier alpha value is -1.69. The smallest absolute Gasteiger partial charge is 0.229 e. The lowest BCUT2D eigenvalue weighted by atomic mass is 9.97. The van der Waals surface area contributed by atoms with Gasteiger partial charge in [0.25, 0.3) is 0 Å². The molecule has 0 radical (unpaired) electrons. The summed E-state index contributed by atoms with van der Waals surface area (Å²) < 4.78 is 5.28. The number of hydrogen-bond acceptors (Lipinski definition) is 5. The lowest BCUT2D eigenvalue weighted by Gasteiger charge is -2.42. The fourth-order valence-electron chi connectivity index (χ4n) is 2.69. The van der Waals surface area contributed by atoms with Crippen LogP contribution in [0.5, 0.6) is 0 Å². The molecular formula is C14H20N4O2. The largest absolute Gasteiger partial charge is 0.378 e. The molecule has 3 heterocycles. The van der Waals surface area contributed by atoms with Gasteiger partial charge in [-0.25, -0.2) is 9.97 Å². The first-order chi connectivity index (χ1) is 9.66. The van der Waals surface area contributed by atoms with Gasteiger partial charge in [0.05, 0.1) is 19.1 Å². The number of nitrogens with zero attached hydrogens (tertiary/aromatic N) is 4. The van der Waals surface area contributed by atoms with Gasteiger partial charge in [0.2, 0.25) is 5.91 Å². The maximum atomic E-state index is 12.3. The first kappa shape index (κ1) is 13.3. The van der Waals surface area contributed by atoms with Crippen molar-refractivity contribution in [2.24, 2.45) is 5.92 Å². The van der Waals surface area contributed by atoms with Crippen LogP contribution >= 0.6 is 0 Å². The molecule has 0 atom stereocenters. The number of morpholine rings is 1. The topological polar surface area (TPSA) is 58.6 Å². The van der Waals surface area contributed by atoms with Crippen LogP contribution < -0.4 is 4.90 Å². The molecule has 2 aliphatic heterocycles. The molecule has 3 rings (SSSR count). The standard InChI is InChI=1S/C14H20N4O2/c1-10-11(2)15-9-16-13(10)18-7-12(8-18)14(19)17-3-5-20-6-4-17/h9,12H,3-8H2,1-2H3. The van der Waals surface area contributed by atoms with E-state index in [2.05, 4.69) is 14.9 Å². The molecule has 108 valence electrons. The second kappa shape index (κ2) is 5.36. The Morgan fingerprint density at radius 2 is 1.95 bits per heavy atom. The average molecular weight is 276 g/mol. The zero-order valence-corrected chi connectivity index (χ0v) is 12.0. The molecule has 1 aromatic heterocycles. The summed E-state index contributed by atoms with van der Waals surface area (Å²) in [6.07, 6.45) is 1.59. The molecular weight excluding hydrogens is 256 g/mol. The fraction of sp³-hybridized carbons (Fsp3) is 0.643. The highest BCUT2D eigenvalue weighted by Crippen LogP contribution is 2.27. The Morgan fingerprint density at radius 1 is 1.25 bits per heavy atom. The maximum absolute atomic E-state index is 12.3. The van der Waals surface area contributed by atoms with E-state index in [0.717, 1.165) is 43.3 Å². The average Bonchev–Trinajstić information content (AvgIpc) is 2.42. The van der Waals surface area contributed by atoms with Crippen molar-refractivity contribution < 1.29 is 9.53 Å². The summed E-state index contributed by atoms with van der Waals surface area (Å²) in [6, 6.07) is 0. The molecule has 0 bridgehead atoms. The second-order valence-corrected chi connectivity index (χ2v) is 5.45. The lowest BCUT2D eigenvalue weighted by molar-refractivity contribution is -0.140. The summed E-state index contributed by atoms with van der Waals surface area (Å²) in [5.41, 5.74) is 2.10. The molecule has 2 saturated heterocycles. The van der Waals surface area contributed by atoms with Crippen LogP contribution in [-0.4, -0.2) is 60.2 Å². The predicted molar refractivity (Wildman–Crippen MR) is 74.6 cm³/mol. The molecule has 6 heteroatoms. The first-order valence-corrected chi connectivity index (χ1v) is 7.06. The highest BCUT2D eigenvalue weighted by atomic mass is 16.5. The predicted octanol–water partition coefficient (Wildman–Crippen LogP) is 0.388. The van der Waals surface area contributed by atoms with E-state index >= 15 is 0 Å². The molecule has 0 spiro atoms. The molecule has 0 saturated carbocycles. The number of anilines is 1. The normalized spacial score (nSPS) is 19.9. The van der Waals surface area contributed by atoms with Crippen molar-refractivity contribution in [3.63, 3.8) is 0 Å². The Labute approximate surface area is 118 Å². The number of rotatable bonds is 2. The van der Waals surface area contributed by atoms with E-state index in [1.165, 1.54) is 0 Å². The van der Waals surface area contributed by atoms with E-state index in [4.69, 9.17) is 4.74 Å². The van der Waals surface area contributed by atoms with Crippen LogP contribution in [0.15, 0.2) is 6.33 Å². The number of aromatic nitrogens is 2. The van der Waals surface area contributed by atoms with Gasteiger partial charge in [-0.3, -0.25) is 4.79 Å². The summed E-state index contributed by atoms with van der Waals surface area (Å²) >= 11 is 0. The molecule has 6 nitrogen and oxygen atoms in total. The van der Waals surface area contributed by atoms with Crippen LogP contribution in [0.1, 0.15) is 11.3 Å². The molecule has 20 heavy (non-hydrogen) atoms. The highest BCUT2D eigenvalue weighted by Gasteiger charge is 2.37. The SMILES string of the molecule is Cc1ncnc(N2CC(C(=O)N3CCOCC3)C2)c1C. The number of carbonyl (C=O) groups is 1. The van der Waals surface area contributed by atoms with Gasteiger partial charge in [-0.15, -0.1) is 0 Å². The van der Waals surface area contributed by atoms with Crippen molar-refractivity contribution in [3.05, 3.63) is 17.6 Å². The summed E-state index contributed by atoms with van der Waals surface area (Å²) in [5, 5.41) is 0. The van der Waals surface area contributed by atoms with Crippen LogP contribution in [0.3, 0.4) is 0 Å². The molecule has 0 aliphatic carbocycles. The summed E-state index contributed by atoms with van der Waals surface area (Å²) in [4.78, 5) is 24.9. The summed E-state index contributed by atoms with van der Waals surface area (Å²) in [5.74, 6) is 1.32. The third kappa shape index (κ3) is 2.35. The quantitative estimate of drug-likeness (QED) is 0.782. The van der Waals surface area contributed by atoms with Gasteiger partial charge in [-0.2, -0.15) is 0 Å². The fourth-order valence-corrected chi connectivity index (χ4v) is 2.69. The minimum atomic E-state index is 0.0998. The van der Waals surface area contributed by atoms with Gasteiger partial charge in [-0.1, -0.05) is 0 Å². The van der Waals surface area contributed by atoms with Crippen LogP contribution in [0.25, 0.3) is 0 Å². The van der Waals surface area contributed by atoms with Crippen LogP contribution in [0.4, 0.5) is 5.82 Å².